The third-order valence-electron chi connectivity index (χ3n) is 7.00. The van der Waals surface area contributed by atoms with Gasteiger partial charge < -0.3 is 9.80 Å². The first-order chi connectivity index (χ1) is 20.2. The normalized spacial score (nSPS) is 10.1. The molecule has 0 fully saturated rings. The first-order valence-electron chi connectivity index (χ1n) is 16.1. The minimum atomic E-state index is 1.03. The largest absolute Gasteiger partial charge is 0.341 e. The molecule has 0 bridgehead atoms. The van der Waals surface area contributed by atoms with Gasteiger partial charge in [0, 0.05) is 35.8 Å². The van der Waals surface area contributed by atoms with Crippen molar-refractivity contribution in [2.24, 2.45) is 0 Å². The Morgan fingerprint density at radius 1 is 0.366 bits per heavy atom. The molecule has 0 radical (unpaired) electrons. The third kappa shape index (κ3) is 11.1. The molecule has 0 amide bonds. The molecule has 0 saturated heterocycles. The topological polar surface area (TPSA) is 6.48 Å². The summed E-state index contributed by atoms with van der Waals surface area (Å²) in [5, 5.41) is 0. The fourth-order valence-electron chi connectivity index (χ4n) is 4.68. The first kappa shape index (κ1) is 33.7. The second kappa shape index (κ2) is 20.4. The van der Waals surface area contributed by atoms with Gasteiger partial charge in [0.1, 0.15) is 0 Å². The highest BCUT2D eigenvalue weighted by Crippen LogP contribution is 2.31. The zero-order valence-electron chi connectivity index (χ0n) is 26.7. The predicted octanol–water partition coefficient (Wildman–Crippen LogP) is 12.5. The number of para-hydroxylation sites is 2. The quantitative estimate of drug-likeness (QED) is 0.163. The van der Waals surface area contributed by atoms with E-state index in [1.54, 1.807) is 0 Å². The number of rotatable bonds is 13. The summed E-state index contributed by atoms with van der Waals surface area (Å²) in [6.07, 6.45) is 8.80. The van der Waals surface area contributed by atoms with Crippen molar-refractivity contribution >= 4 is 22.7 Å². The first-order valence-corrected chi connectivity index (χ1v) is 16.1. The molecular formula is C39H54N2. The van der Waals surface area contributed by atoms with E-state index in [1.807, 2.05) is 13.8 Å². The van der Waals surface area contributed by atoms with Crippen molar-refractivity contribution in [2.75, 3.05) is 22.9 Å². The smallest absolute Gasteiger partial charge is 0.0411 e. The minimum absolute atomic E-state index is 1.03. The number of benzene rings is 4. The zero-order chi connectivity index (χ0) is 29.7. The van der Waals surface area contributed by atoms with Gasteiger partial charge in [-0.25, -0.2) is 0 Å². The molecule has 0 N–H and O–H groups in total. The minimum Gasteiger partial charge on any atom is -0.341 e. The summed E-state index contributed by atoms with van der Waals surface area (Å²) in [5.74, 6) is 0. The van der Waals surface area contributed by atoms with E-state index in [-0.39, 0.29) is 0 Å². The second-order valence-electron chi connectivity index (χ2n) is 10.1. The summed E-state index contributed by atoms with van der Waals surface area (Å²) in [6, 6.07) is 39.4. The molecule has 4 aromatic carbocycles. The Bertz CT molecular complexity index is 1060. The van der Waals surface area contributed by atoms with E-state index in [2.05, 4.69) is 147 Å². The molecule has 0 aliphatic carbocycles. The van der Waals surface area contributed by atoms with E-state index in [0.717, 1.165) is 13.1 Å². The number of anilines is 4. The lowest BCUT2D eigenvalue weighted by molar-refractivity contribution is 0.772. The van der Waals surface area contributed by atoms with Crippen molar-refractivity contribution in [1.29, 1.82) is 0 Å². The molecule has 0 aromatic heterocycles. The molecule has 0 heterocycles. The Hall–Kier alpha value is -3.52. The monoisotopic (exact) mass is 550 g/mol. The van der Waals surface area contributed by atoms with Gasteiger partial charge in [-0.15, -0.1) is 0 Å². The van der Waals surface area contributed by atoms with Gasteiger partial charge >= 0.3 is 0 Å². The van der Waals surface area contributed by atoms with Crippen LogP contribution >= 0.6 is 0 Å². The molecular weight excluding hydrogens is 496 g/mol. The predicted molar refractivity (Wildman–Crippen MR) is 185 cm³/mol. The van der Waals surface area contributed by atoms with Gasteiger partial charge in [0.05, 0.1) is 0 Å². The van der Waals surface area contributed by atoms with Crippen molar-refractivity contribution < 1.29 is 0 Å². The van der Waals surface area contributed by atoms with Crippen molar-refractivity contribution in [2.45, 2.75) is 86.5 Å². The van der Waals surface area contributed by atoms with Gasteiger partial charge in [0.15, 0.2) is 0 Å². The lowest BCUT2D eigenvalue weighted by Gasteiger charge is -2.26. The maximum atomic E-state index is 2.42. The summed E-state index contributed by atoms with van der Waals surface area (Å²) < 4.78 is 0. The van der Waals surface area contributed by atoms with E-state index in [1.165, 1.54) is 78.8 Å². The second-order valence-corrected chi connectivity index (χ2v) is 10.1. The molecule has 4 aromatic rings. The highest BCUT2D eigenvalue weighted by molar-refractivity contribution is 5.72. The molecule has 0 aliphatic rings. The summed E-state index contributed by atoms with van der Waals surface area (Å²) in [6.45, 7) is 15.0. The number of nitrogens with zero attached hydrogens (tertiary/aromatic N) is 2. The van der Waals surface area contributed by atoms with Crippen molar-refractivity contribution in [1.82, 2.24) is 0 Å². The summed E-state index contributed by atoms with van der Waals surface area (Å²) >= 11 is 0. The SMILES string of the molecule is CC.CCCCC.CCCCN(c1ccccc1)c1ccc(-c2ccc(N(CCCC)c3ccccc3)cc2)cc1. The van der Waals surface area contributed by atoms with Crippen LogP contribution in [0.3, 0.4) is 0 Å². The molecule has 0 aliphatic heterocycles. The molecule has 0 atom stereocenters. The molecule has 41 heavy (non-hydrogen) atoms. The van der Waals surface area contributed by atoms with Crippen LogP contribution < -0.4 is 9.80 Å². The summed E-state index contributed by atoms with van der Waals surface area (Å²) in [5.41, 5.74) is 7.49. The Labute approximate surface area is 252 Å². The van der Waals surface area contributed by atoms with Crippen LogP contribution in [0, 0.1) is 0 Å². The molecule has 2 nitrogen and oxygen atoms in total. The Balaban J connectivity index is 0.000000759. The Kier molecular flexibility index (Phi) is 16.7. The molecule has 220 valence electrons. The van der Waals surface area contributed by atoms with Crippen LogP contribution in [0.4, 0.5) is 22.7 Å². The Morgan fingerprint density at radius 2 is 0.659 bits per heavy atom. The Morgan fingerprint density at radius 3 is 0.927 bits per heavy atom. The summed E-state index contributed by atoms with van der Waals surface area (Å²) in [4.78, 5) is 4.84. The van der Waals surface area contributed by atoms with Gasteiger partial charge in [0.25, 0.3) is 0 Å². The standard InChI is InChI=1S/C32H36N2.C5H12.C2H6/c1-3-5-25-33(29-13-9-7-10-14-29)31-21-17-27(18-22-31)28-19-23-32(24-20-28)34(26-6-4-2)30-15-11-8-12-16-30;1-3-5-4-2;1-2/h7-24H,3-6,25-26H2,1-2H3;3-5H2,1-2H3;1-2H3. The van der Waals surface area contributed by atoms with Crippen LogP contribution in [0.2, 0.25) is 0 Å². The fourth-order valence-corrected chi connectivity index (χ4v) is 4.68. The molecule has 0 unspecified atom stereocenters. The van der Waals surface area contributed by atoms with E-state index >= 15 is 0 Å². The molecule has 2 heteroatoms. The van der Waals surface area contributed by atoms with Gasteiger partial charge in [0.2, 0.25) is 0 Å². The van der Waals surface area contributed by atoms with Crippen LogP contribution in [-0.2, 0) is 0 Å². The number of hydrogen-bond acceptors (Lipinski definition) is 2. The average Bonchev–Trinajstić information content (AvgIpc) is 3.05. The maximum absolute atomic E-state index is 2.42. The molecule has 0 saturated carbocycles. The van der Waals surface area contributed by atoms with Gasteiger partial charge in [-0.05, 0) is 72.5 Å². The van der Waals surface area contributed by atoms with Crippen molar-refractivity contribution in [3.8, 4) is 11.1 Å². The highest BCUT2D eigenvalue weighted by atomic mass is 15.1. The lowest BCUT2D eigenvalue weighted by Crippen LogP contribution is -2.18. The van der Waals surface area contributed by atoms with Crippen LogP contribution in [-0.4, -0.2) is 13.1 Å². The van der Waals surface area contributed by atoms with Crippen LogP contribution in [0.1, 0.15) is 86.5 Å². The van der Waals surface area contributed by atoms with Gasteiger partial charge in [-0.2, -0.15) is 0 Å². The number of unbranched alkanes of at least 4 members (excludes halogenated alkanes) is 4. The molecule has 0 spiro atoms. The van der Waals surface area contributed by atoms with E-state index in [0.29, 0.717) is 0 Å². The molecule has 4 rings (SSSR count). The van der Waals surface area contributed by atoms with E-state index < -0.39 is 0 Å². The van der Waals surface area contributed by atoms with Crippen molar-refractivity contribution in [3.63, 3.8) is 0 Å². The average molecular weight is 551 g/mol. The van der Waals surface area contributed by atoms with E-state index in [4.69, 9.17) is 0 Å². The van der Waals surface area contributed by atoms with Gasteiger partial charge in [-0.3, -0.25) is 0 Å². The van der Waals surface area contributed by atoms with Crippen molar-refractivity contribution in [3.05, 3.63) is 109 Å². The summed E-state index contributed by atoms with van der Waals surface area (Å²) in [7, 11) is 0. The van der Waals surface area contributed by atoms with E-state index in [9.17, 15) is 0 Å². The maximum Gasteiger partial charge on any atom is 0.0411 e. The van der Waals surface area contributed by atoms with Gasteiger partial charge in [-0.1, -0.05) is 134 Å². The number of hydrogen-bond donors (Lipinski definition) is 0. The third-order valence-corrected chi connectivity index (χ3v) is 7.00. The lowest BCUT2D eigenvalue weighted by atomic mass is 10.0. The zero-order valence-corrected chi connectivity index (χ0v) is 26.7. The van der Waals surface area contributed by atoms with Crippen LogP contribution in [0.5, 0.6) is 0 Å². The van der Waals surface area contributed by atoms with Crippen LogP contribution in [0.25, 0.3) is 11.1 Å². The highest BCUT2D eigenvalue weighted by Gasteiger charge is 2.11. The fraction of sp³-hybridized carbons (Fsp3) is 0.385. The van der Waals surface area contributed by atoms with Crippen LogP contribution in [0.15, 0.2) is 109 Å².